The van der Waals surface area contributed by atoms with Crippen molar-refractivity contribution < 1.29 is 41.7 Å². The second-order valence-electron chi connectivity index (χ2n) is 11.6. The molecule has 3 rings (SSSR count). The predicted octanol–water partition coefficient (Wildman–Crippen LogP) is 9.23. The molecule has 2 aromatic carbocycles. The third-order valence-electron chi connectivity index (χ3n) is 8.45. The van der Waals surface area contributed by atoms with Crippen molar-refractivity contribution in [3.8, 4) is 17.2 Å². The fourth-order valence-corrected chi connectivity index (χ4v) is 5.74. The summed E-state index contributed by atoms with van der Waals surface area (Å²) in [5.74, 6) is -4.10. The predicted molar refractivity (Wildman–Crippen MR) is 148 cm³/mol. The minimum Gasteiger partial charge on any atom is -0.508 e. The molecular formula is C32H41F5O4. The van der Waals surface area contributed by atoms with E-state index in [2.05, 4.69) is 6.92 Å². The van der Waals surface area contributed by atoms with Gasteiger partial charge in [-0.15, -0.1) is 0 Å². The lowest BCUT2D eigenvalue weighted by Gasteiger charge is -2.43. The van der Waals surface area contributed by atoms with Gasteiger partial charge in [-0.3, -0.25) is 4.79 Å². The molecule has 9 heteroatoms. The van der Waals surface area contributed by atoms with Gasteiger partial charge in [0.25, 0.3) is 0 Å². The number of benzene rings is 2. The van der Waals surface area contributed by atoms with Crippen molar-refractivity contribution in [3.63, 3.8) is 0 Å². The lowest BCUT2D eigenvalue weighted by molar-refractivity contribution is -0.284. The highest BCUT2D eigenvalue weighted by Gasteiger charge is 2.56. The summed E-state index contributed by atoms with van der Waals surface area (Å²) in [6.45, 7) is 4.21. The molecule has 0 aliphatic carbocycles. The van der Waals surface area contributed by atoms with Crippen LogP contribution in [-0.2, 0) is 10.2 Å². The van der Waals surface area contributed by atoms with E-state index in [1.54, 1.807) is 31.2 Å². The highest BCUT2D eigenvalue weighted by molar-refractivity contribution is 5.80. The van der Waals surface area contributed by atoms with Crippen LogP contribution in [0, 0.1) is 5.92 Å². The standard InChI is InChI=1S/C32H41F5O4/c1-22(10-9-19-31(33,34)32(35,36)37)28(40)12-8-6-4-3-5-7-11-27-26-18-17-25(39)20-29(26)41-21-30(27,2)23-13-15-24(38)16-14-23/h13-18,20,22,27,38-39H,3-12,19,21H2,1-2H3/t22?,27-,30-/m1/s1. The molecule has 0 fully saturated rings. The number of rotatable bonds is 15. The molecule has 0 amide bonds. The second kappa shape index (κ2) is 13.9. The SMILES string of the molecule is CC(CCCC(F)(F)C(F)(F)F)C(=O)CCCCCCCC[C@@H]1c2ccc(O)cc2OC[C@]1(C)c1ccc(O)cc1. The largest absolute Gasteiger partial charge is 0.508 e. The number of phenolic OH excluding ortho intramolecular Hbond substituents is 2. The summed E-state index contributed by atoms with van der Waals surface area (Å²) >= 11 is 0. The monoisotopic (exact) mass is 584 g/mol. The summed E-state index contributed by atoms with van der Waals surface area (Å²) in [5, 5.41) is 19.7. The number of hydrogen-bond acceptors (Lipinski definition) is 4. The molecule has 0 saturated heterocycles. The quantitative estimate of drug-likeness (QED) is 0.162. The summed E-state index contributed by atoms with van der Waals surface area (Å²) in [7, 11) is 0. The average Bonchev–Trinajstić information content (AvgIpc) is 2.90. The Morgan fingerprint density at radius 1 is 0.927 bits per heavy atom. The van der Waals surface area contributed by atoms with E-state index in [9.17, 15) is 37.0 Å². The lowest BCUT2D eigenvalue weighted by atomic mass is 9.66. The first kappa shape index (κ1) is 32.7. The molecule has 3 atom stereocenters. The van der Waals surface area contributed by atoms with Crippen LogP contribution in [0.4, 0.5) is 22.0 Å². The normalized spacial score (nSPS) is 19.8. The molecule has 1 unspecified atom stereocenters. The highest BCUT2D eigenvalue weighted by Crippen LogP contribution is 2.50. The fourth-order valence-electron chi connectivity index (χ4n) is 5.74. The zero-order valence-electron chi connectivity index (χ0n) is 23.8. The zero-order chi connectivity index (χ0) is 30.3. The molecule has 0 saturated carbocycles. The van der Waals surface area contributed by atoms with Gasteiger partial charge in [-0.2, -0.15) is 22.0 Å². The van der Waals surface area contributed by atoms with E-state index in [1.165, 1.54) is 0 Å². The summed E-state index contributed by atoms with van der Waals surface area (Å²) in [6, 6.07) is 12.5. The number of phenols is 2. The van der Waals surface area contributed by atoms with Gasteiger partial charge in [-0.1, -0.05) is 64.2 Å². The lowest BCUT2D eigenvalue weighted by Crippen LogP contribution is -2.40. The van der Waals surface area contributed by atoms with Gasteiger partial charge >= 0.3 is 12.1 Å². The van der Waals surface area contributed by atoms with Crippen LogP contribution in [0.5, 0.6) is 17.2 Å². The summed E-state index contributed by atoms with van der Waals surface area (Å²) in [6.07, 6.45) is -0.443. The molecule has 0 aromatic heterocycles. The van der Waals surface area contributed by atoms with Crippen LogP contribution in [-0.4, -0.2) is 34.7 Å². The topological polar surface area (TPSA) is 66.8 Å². The number of hydrogen-bond donors (Lipinski definition) is 2. The minimum atomic E-state index is -5.55. The molecule has 41 heavy (non-hydrogen) atoms. The molecule has 2 N–H and O–H groups in total. The Bertz CT molecular complexity index is 1130. The number of fused-ring (bicyclic) bond motifs is 1. The van der Waals surface area contributed by atoms with Crippen LogP contribution < -0.4 is 4.74 Å². The van der Waals surface area contributed by atoms with E-state index in [0.717, 1.165) is 49.7 Å². The molecule has 228 valence electrons. The van der Waals surface area contributed by atoms with Gasteiger partial charge in [0.1, 0.15) is 23.0 Å². The van der Waals surface area contributed by atoms with Crippen molar-refractivity contribution in [2.45, 2.75) is 108 Å². The number of carbonyl (C=O) groups excluding carboxylic acids is 1. The minimum absolute atomic E-state index is 0.0303. The average molecular weight is 585 g/mol. The number of ether oxygens (including phenoxy) is 1. The fraction of sp³-hybridized carbons (Fsp3) is 0.594. The maximum Gasteiger partial charge on any atom is 0.453 e. The first-order chi connectivity index (χ1) is 19.2. The third kappa shape index (κ3) is 8.58. The van der Waals surface area contributed by atoms with E-state index in [0.29, 0.717) is 25.2 Å². The first-order valence-corrected chi connectivity index (χ1v) is 14.5. The van der Waals surface area contributed by atoms with Crippen molar-refractivity contribution in [1.82, 2.24) is 0 Å². The highest BCUT2D eigenvalue weighted by atomic mass is 19.4. The van der Waals surface area contributed by atoms with Crippen LogP contribution in [0.15, 0.2) is 42.5 Å². The van der Waals surface area contributed by atoms with Gasteiger partial charge in [0.05, 0.1) is 6.61 Å². The van der Waals surface area contributed by atoms with Crippen molar-refractivity contribution in [2.75, 3.05) is 6.61 Å². The van der Waals surface area contributed by atoms with E-state index >= 15 is 0 Å². The van der Waals surface area contributed by atoms with E-state index in [-0.39, 0.29) is 41.5 Å². The number of alkyl halides is 5. The van der Waals surface area contributed by atoms with Gasteiger partial charge in [-0.05, 0) is 55.0 Å². The van der Waals surface area contributed by atoms with Gasteiger partial charge in [0.2, 0.25) is 0 Å². The van der Waals surface area contributed by atoms with Crippen molar-refractivity contribution in [1.29, 1.82) is 0 Å². The molecule has 2 aromatic rings. The molecule has 1 aliphatic heterocycles. The first-order valence-electron chi connectivity index (χ1n) is 14.5. The summed E-state index contributed by atoms with van der Waals surface area (Å²) in [5.41, 5.74) is 1.82. The Balaban J connectivity index is 1.41. The van der Waals surface area contributed by atoms with Gasteiger partial charge in [-0.25, -0.2) is 0 Å². The van der Waals surface area contributed by atoms with Crippen LogP contribution in [0.25, 0.3) is 0 Å². The van der Waals surface area contributed by atoms with Crippen LogP contribution in [0.1, 0.15) is 102 Å². The van der Waals surface area contributed by atoms with Crippen LogP contribution in [0.3, 0.4) is 0 Å². The molecule has 4 nitrogen and oxygen atoms in total. The Hall–Kier alpha value is -2.84. The molecule has 1 heterocycles. The van der Waals surface area contributed by atoms with Crippen LogP contribution in [0.2, 0.25) is 0 Å². The Kier molecular flexibility index (Phi) is 11.1. The number of Topliss-reactive ketones (excluding diaryl/α,β-unsaturated/α-hetero) is 1. The molecule has 0 bridgehead atoms. The van der Waals surface area contributed by atoms with Crippen molar-refractivity contribution >= 4 is 5.78 Å². The number of unbranched alkanes of at least 4 members (excludes halogenated alkanes) is 5. The van der Waals surface area contributed by atoms with Crippen LogP contribution >= 0.6 is 0 Å². The molecule has 0 spiro atoms. The third-order valence-corrected chi connectivity index (χ3v) is 8.45. The zero-order valence-corrected chi connectivity index (χ0v) is 23.8. The van der Waals surface area contributed by atoms with E-state index in [4.69, 9.17) is 4.74 Å². The maximum atomic E-state index is 13.0. The van der Waals surface area contributed by atoms with Crippen molar-refractivity contribution in [3.05, 3.63) is 53.6 Å². The summed E-state index contributed by atoms with van der Waals surface area (Å²) in [4.78, 5) is 12.3. The van der Waals surface area contributed by atoms with Crippen molar-refractivity contribution in [2.24, 2.45) is 5.92 Å². The maximum absolute atomic E-state index is 13.0. The van der Waals surface area contributed by atoms with E-state index in [1.807, 2.05) is 18.2 Å². The summed E-state index contributed by atoms with van der Waals surface area (Å²) < 4.78 is 69.0. The molecular weight excluding hydrogens is 543 g/mol. The Morgan fingerprint density at radius 3 is 2.20 bits per heavy atom. The Morgan fingerprint density at radius 2 is 1.54 bits per heavy atom. The van der Waals surface area contributed by atoms with Gasteiger partial charge in [0, 0.05) is 36.2 Å². The molecule has 1 aliphatic rings. The van der Waals surface area contributed by atoms with Gasteiger partial charge < -0.3 is 14.9 Å². The number of carbonyl (C=O) groups is 1. The second-order valence-corrected chi connectivity index (χ2v) is 11.6. The van der Waals surface area contributed by atoms with Gasteiger partial charge in [0.15, 0.2) is 0 Å². The number of aromatic hydroxyl groups is 2. The Labute approximate surface area is 238 Å². The number of ketones is 1. The smallest absolute Gasteiger partial charge is 0.453 e. The number of halogens is 5. The van der Waals surface area contributed by atoms with E-state index < -0.39 is 24.4 Å². The molecule has 0 radical (unpaired) electrons.